The van der Waals surface area contributed by atoms with Gasteiger partial charge in [-0.05, 0) is 38.5 Å². The van der Waals surface area contributed by atoms with Gasteiger partial charge in [0, 0.05) is 37.8 Å². The van der Waals surface area contributed by atoms with Gasteiger partial charge in [-0.15, -0.1) is 0 Å². The van der Waals surface area contributed by atoms with Gasteiger partial charge in [-0.3, -0.25) is 14.4 Å². The van der Waals surface area contributed by atoms with Gasteiger partial charge in [0.1, 0.15) is 11.8 Å². The summed E-state index contributed by atoms with van der Waals surface area (Å²) in [4.78, 5) is 15.5. The van der Waals surface area contributed by atoms with Crippen LogP contribution in [0.2, 0.25) is 0 Å². The molecule has 1 unspecified atom stereocenters. The van der Waals surface area contributed by atoms with Gasteiger partial charge in [0.15, 0.2) is 0 Å². The number of hydrogen-bond donors (Lipinski definition) is 0. The van der Waals surface area contributed by atoms with Gasteiger partial charge in [0.05, 0.1) is 24.7 Å². The Morgan fingerprint density at radius 1 is 1.26 bits per heavy atom. The Morgan fingerprint density at radius 2 is 2.03 bits per heavy atom. The Labute approximate surface area is 183 Å². The molecule has 162 valence electrons. The number of hydrazone groups is 1. The molecule has 0 N–H and O–H groups in total. The molecule has 0 bridgehead atoms. The van der Waals surface area contributed by atoms with E-state index in [4.69, 9.17) is 9.52 Å². The first-order valence-electron chi connectivity index (χ1n) is 10.6. The van der Waals surface area contributed by atoms with Crippen molar-refractivity contribution in [3.05, 3.63) is 77.5 Å². The van der Waals surface area contributed by atoms with E-state index >= 15 is 0 Å². The van der Waals surface area contributed by atoms with Crippen LogP contribution >= 0.6 is 0 Å². The van der Waals surface area contributed by atoms with Crippen LogP contribution in [0.5, 0.6) is 0 Å². The van der Waals surface area contributed by atoms with Crippen LogP contribution in [0.25, 0.3) is 0 Å². The number of rotatable bonds is 7. The highest BCUT2D eigenvalue weighted by Gasteiger charge is 2.35. The lowest BCUT2D eigenvalue weighted by Crippen LogP contribution is -2.41. The Hall–Kier alpha value is -3.19. The van der Waals surface area contributed by atoms with Crippen molar-refractivity contribution in [2.75, 3.05) is 6.54 Å². The molecule has 4 rings (SSSR count). The summed E-state index contributed by atoms with van der Waals surface area (Å²) in [5.74, 6) is 0.712. The minimum atomic E-state index is -0.230. The molecule has 1 aromatic carbocycles. The van der Waals surface area contributed by atoms with E-state index in [-0.39, 0.29) is 24.5 Å². The summed E-state index contributed by atoms with van der Waals surface area (Å²) < 4.78 is 7.44. The highest BCUT2D eigenvalue weighted by molar-refractivity contribution is 6.03. The smallest absolute Gasteiger partial charge is 0.257 e. The van der Waals surface area contributed by atoms with Gasteiger partial charge in [-0.1, -0.05) is 29.8 Å². The van der Waals surface area contributed by atoms with E-state index in [2.05, 4.69) is 55.0 Å². The van der Waals surface area contributed by atoms with Gasteiger partial charge in [0.25, 0.3) is 5.91 Å². The number of nitrogens with zero attached hydrogens (tertiary/aromatic N) is 5. The Morgan fingerprint density at radius 3 is 2.65 bits per heavy atom. The molecule has 0 aliphatic carbocycles. The number of benzene rings is 1. The van der Waals surface area contributed by atoms with Gasteiger partial charge >= 0.3 is 0 Å². The lowest BCUT2D eigenvalue weighted by molar-refractivity contribution is -0.135. The number of carbonyl (C=O) groups is 1. The maximum absolute atomic E-state index is 13.4. The van der Waals surface area contributed by atoms with E-state index < -0.39 is 0 Å². The fraction of sp³-hybridized carbons (Fsp3) is 0.375. The molecular formula is C24H29N5O2. The molecule has 1 aliphatic heterocycles. The fourth-order valence-electron chi connectivity index (χ4n) is 3.82. The minimum absolute atomic E-state index is 0.0406. The van der Waals surface area contributed by atoms with E-state index in [1.54, 1.807) is 16.0 Å². The molecule has 0 radical (unpaired) electrons. The SMILES string of the molecule is Cc1ccc(C2=NN(C(=O)CN(Cc3cnn(C)c3)C(C)C)C(c3ccco3)C2)cc1. The summed E-state index contributed by atoms with van der Waals surface area (Å²) in [7, 11) is 1.90. The number of furan rings is 1. The van der Waals surface area contributed by atoms with Crippen LogP contribution in [0, 0.1) is 6.92 Å². The summed E-state index contributed by atoms with van der Waals surface area (Å²) in [6.07, 6.45) is 6.10. The van der Waals surface area contributed by atoms with Gasteiger partial charge in [-0.2, -0.15) is 10.2 Å². The molecule has 0 fully saturated rings. The molecule has 7 nitrogen and oxygen atoms in total. The zero-order chi connectivity index (χ0) is 22.0. The van der Waals surface area contributed by atoms with Crippen LogP contribution in [0.4, 0.5) is 0 Å². The first-order chi connectivity index (χ1) is 14.9. The van der Waals surface area contributed by atoms with Crippen molar-refractivity contribution < 1.29 is 9.21 Å². The summed E-state index contributed by atoms with van der Waals surface area (Å²) >= 11 is 0. The van der Waals surface area contributed by atoms with E-state index in [9.17, 15) is 4.79 Å². The quantitative estimate of drug-likeness (QED) is 0.582. The third kappa shape index (κ3) is 4.77. The average Bonchev–Trinajstić information content (AvgIpc) is 3.48. The van der Waals surface area contributed by atoms with Crippen molar-refractivity contribution in [2.24, 2.45) is 12.1 Å². The second-order valence-electron chi connectivity index (χ2n) is 8.41. The normalized spacial score (nSPS) is 16.4. The van der Waals surface area contributed by atoms with Crippen molar-refractivity contribution in [1.82, 2.24) is 19.7 Å². The highest BCUT2D eigenvalue weighted by Crippen LogP contribution is 2.33. The summed E-state index contributed by atoms with van der Waals surface area (Å²) in [6, 6.07) is 12.0. The number of aryl methyl sites for hydroxylation is 2. The minimum Gasteiger partial charge on any atom is -0.467 e. The summed E-state index contributed by atoms with van der Waals surface area (Å²) in [6.45, 7) is 7.18. The lowest BCUT2D eigenvalue weighted by Gasteiger charge is -2.28. The molecule has 0 saturated carbocycles. The zero-order valence-corrected chi connectivity index (χ0v) is 18.5. The molecule has 1 aliphatic rings. The topological polar surface area (TPSA) is 66.9 Å². The molecule has 0 spiro atoms. The monoisotopic (exact) mass is 419 g/mol. The maximum Gasteiger partial charge on any atom is 0.257 e. The molecule has 3 heterocycles. The number of amides is 1. The highest BCUT2D eigenvalue weighted by atomic mass is 16.3. The number of hydrogen-bond acceptors (Lipinski definition) is 5. The molecule has 31 heavy (non-hydrogen) atoms. The second-order valence-corrected chi connectivity index (χ2v) is 8.41. The van der Waals surface area contributed by atoms with Crippen molar-refractivity contribution in [1.29, 1.82) is 0 Å². The molecule has 2 aromatic heterocycles. The Kier molecular flexibility index (Phi) is 6.04. The van der Waals surface area contributed by atoms with Gasteiger partial charge < -0.3 is 4.42 Å². The molecule has 0 saturated heterocycles. The molecule has 3 aromatic rings. The first-order valence-corrected chi connectivity index (χ1v) is 10.6. The van der Waals surface area contributed by atoms with E-state index in [0.29, 0.717) is 13.0 Å². The third-order valence-corrected chi connectivity index (χ3v) is 5.63. The predicted octanol–water partition coefficient (Wildman–Crippen LogP) is 3.91. The molecule has 1 amide bonds. The molecular weight excluding hydrogens is 390 g/mol. The summed E-state index contributed by atoms with van der Waals surface area (Å²) in [5.41, 5.74) is 4.21. The first kappa shape index (κ1) is 21.1. The maximum atomic E-state index is 13.4. The van der Waals surface area contributed by atoms with Crippen molar-refractivity contribution in [2.45, 2.75) is 45.8 Å². The van der Waals surface area contributed by atoms with E-state index in [0.717, 1.165) is 22.6 Å². The van der Waals surface area contributed by atoms with Crippen LogP contribution in [-0.2, 0) is 18.4 Å². The average molecular weight is 420 g/mol. The zero-order valence-electron chi connectivity index (χ0n) is 18.5. The summed E-state index contributed by atoms with van der Waals surface area (Å²) in [5, 5.41) is 10.6. The van der Waals surface area contributed by atoms with Gasteiger partial charge in [-0.25, -0.2) is 5.01 Å². The predicted molar refractivity (Wildman–Crippen MR) is 119 cm³/mol. The van der Waals surface area contributed by atoms with Gasteiger partial charge in [0.2, 0.25) is 0 Å². The van der Waals surface area contributed by atoms with Crippen LogP contribution in [0.3, 0.4) is 0 Å². The van der Waals surface area contributed by atoms with E-state index in [1.165, 1.54) is 5.56 Å². The van der Waals surface area contributed by atoms with Crippen molar-refractivity contribution in [3.8, 4) is 0 Å². The van der Waals surface area contributed by atoms with Crippen molar-refractivity contribution in [3.63, 3.8) is 0 Å². The number of aromatic nitrogens is 2. The number of carbonyl (C=O) groups excluding carboxylic acids is 1. The Balaban J connectivity index is 1.56. The van der Waals surface area contributed by atoms with E-state index in [1.807, 2.05) is 31.6 Å². The standard InChI is InChI=1S/C24H29N5O2/c1-17(2)28(15-19-13-25-27(4)14-19)16-24(30)29-22(23-6-5-11-31-23)12-21(26-29)20-9-7-18(3)8-10-20/h5-11,13-14,17,22H,12,15-16H2,1-4H3. The van der Waals surface area contributed by atoms with Crippen LogP contribution in [0.1, 0.15) is 48.8 Å². The van der Waals surface area contributed by atoms with Crippen molar-refractivity contribution >= 4 is 11.6 Å². The second kappa shape index (κ2) is 8.89. The van der Waals surface area contributed by atoms with Crippen LogP contribution in [-0.4, -0.2) is 43.9 Å². The molecule has 1 atom stereocenters. The Bertz CT molecular complexity index is 1050. The molecule has 7 heteroatoms. The van der Waals surface area contributed by atoms with Crippen LogP contribution < -0.4 is 0 Å². The fourth-order valence-corrected chi connectivity index (χ4v) is 3.82. The third-order valence-electron chi connectivity index (χ3n) is 5.63. The largest absolute Gasteiger partial charge is 0.467 e. The van der Waals surface area contributed by atoms with Crippen LogP contribution in [0.15, 0.2) is 64.6 Å². The lowest BCUT2D eigenvalue weighted by atomic mass is 10.0.